The molecular weight excluding hydrogens is 416 g/mol. The summed E-state index contributed by atoms with van der Waals surface area (Å²) in [6.45, 7) is 0.994. The van der Waals surface area contributed by atoms with Crippen LogP contribution < -0.4 is 21.0 Å². The first kappa shape index (κ1) is 20.5. The molecule has 2 aromatic rings. The number of amides is 1. The van der Waals surface area contributed by atoms with Gasteiger partial charge in [0.15, 0.2) is 5.41 Å². The summed E-state index contributed by atoms with van der Waals surface area (Å²) < 4.78 is 1.70. The first-order valence-electron chi connectivity index (χ1n) is 10.5. The number of nitrogens with zero attached hydrogens (tertiary/aromatic N) is 3. The Bertz CT molecular complexity index is 1180. The van der Waals surface area contributed by atoms with E-state index in [1.165, 1.54) is 25.2 Å². The zero-order chi connectivity index (χ0) is 22.8. The molecule has 1 amide bonds. The standard InChI is InChI=1S/C22H23N4O6/c1-23-20(28)22(21(29)30)9-13-8-14(26(31)32)5-6-16(13)25-11-12-7-15(19(22)25)17-3-2-4-18(27)24(17)10-12/h2-6,8,12,15,19,31H,7,9-11H2,1H3,(H,23,28)(H,29,30)/q-1/t12-,15+,19+,22?/m0/s1. The van der Waals surface area contributed by atoms with Gasteiger partial charge in [-0.05, 0) is 42.2 Å². The fourth-order valence-corrected chi connectivity index (χ4v) is 6.01. The molecule has 1 aromatic heterocycles. The van der Waals surface area contributed by atoms with Gasteiger partial charge in [-0.3, -0.25) is 19.6 Å². The van der Waals surface area contributed by atoms with Crippen molar-refractivity contribution < 1.29 is 19.9 Å². The number of carbonyl (C=O) groups is 2. The Balaban J connectivity index is 1.76. The Morgan fingerprint density at radius 1 is 1.25 bits per heavy atom. The number of aromatic nitrogens is 1. The molecule has 2 bridgehead atoms. The topological polar surface area (TPSA) is 138 Å². The normalized spacial score (nSPS) is 27.6. The Labute approximate surface area is 183 Å². The van der Waals surface area contributed by atoms with Crippen LogP contribution in [0.5, 0.6) is 0 Å². The molecule has 1 fully saturated rings. The van der Waals surface area contributed by atoms with Crippen molar-refractivity contribution in [3.05, 3.63) is 63.2 Å². The maximum atomic E-state index is 13.2. The number of rotatable bonds is 3. The SMILES string of the molecule is CNC(=O)C1(C(=O)O)Cc2cc(N([O-])O)ccc2N2C[C@H]3C[C@H](c4cccc(=O)n4C3)[C@@H]21. The molecule has 0 saturated carbocycles. The van der Waals surface area contributed by atoms with Gasteiger partial charge >= 0.3 is 5.97 Å². The molecule has 3 aliphatic rings. The summed E-state index contributed by atoms with van der Waals surface area (Å²) in [5.41, 5.74) is -0.0295. The van der Waals surface area contributed by atoms with E-state index in [0.29, 0.717) is 25.1 Å². The second-order valence-electron chi connectivity index (χ2n) is 8.82. The van der Waals surface area contributed by atoms with Gasteiger partial charge in [-0.1, -0.05) is 6.07 Å². The van der Waals surface area contributed by atoms with Crippen LogP contribution in [0.2, 0.25) is 0 Å². The first-order valence-corrected chi connectivity index (χ1v) is 10.5. The smallest absolute Gasteiger partial charge is 0.321 e. The summed E-state index contributed by atoms with van der Waals surface area (Å²) >= 11 is 0. The van der Waals surface area contributed by atoms with Crippen LogP contribution in [0.25, 0.3) is 0 Å². The van der Waals surface area contributed by atoms with Crippen molar-refractivity contribution >= 4 is 23.3 Å². The van der Waals surface area contributed by atoms with Gasteiger partial charge in [-0.2, -0.15) is 0 Å². The summed E-state index contributed by atoms with van der Waals surface area (Å²) in [5, 5.41) is 33.5. The highest BCUT2D eigenvalue weighted by Crippen LogP contribution is 2.53. The largest absolute Gasteiger partial charge is 0.733 e. The molecule has 0 aliphatic carbocycles. The molecule has 4 atom stereocenters. The highest BCUT2D eigenvalue weighted by Gasteiger charge is 2.62. The van der Waals surface area contributed by atoms with Crippen LogP contribution in [0, 0.1) is 16.5 Å². The fourth-order valence-electron chi connectivity index (χ4n) is 6.01. The lowest BCUT2D eigenvalue weighted by Crippen LogP contribution is -2.68. The number of nitrogens with one attached hydrogen (secondary N) is 1. The van der Waals surface area contributed by atoms with Crippen molar-refractivity contribution in [3.8, 4) is 0 Å². The van der Waals surface area contributed by atoms with E-state index in [4.69, 9.17) is 0 Å². The van der Waals surface area contributed by atoms with Gasteiger partial charge in [0.1, 0.15) is 0 Å². The fraction of sp³-hybridized carbons (Fsp3) is 0.409. The van der Waals surface area contributed by atoms with Crippen molar-refractivity contribution in [2.45, 2.75) is 31.3 Å². The summed E-state index contributed by atoms with van der Waals surface area (Å²) in [4.78, 5) is 40.6. The maximum Gasteiger partial charge on any atom is 0.321 e. The quantitative estimate of drug-likeness (QED) is 0.474. The van der Waals surface area contributed by atoms with Crippen molar-refractivity contribution in [1.29, 1.82) is 0 Å². The van der Waals surface area contributed by atoms with E-state index in [0.717, 1.165) is 11.4 Å². The number of carboxylic acid groups (broad SMARTS) is 1. The van der Waals surface area contributed by atoms with E-state index in [1.807, 2.05) is 11.0 Å². The predicted octanol–water partition coefficient (Wildman–Crippen LogP) is 0.907. The molecule has 3 N–H and O–H groups in total. The molecule has 1 saturated heterocycles. The number of aliphatic carboxylic acids is 1. The minimum Gasteiger partial charge on any atom is -0.733 e. The maximum absolute atomic E-state index is 13.2. The molecule has 1 unspecified atom stereocenters. The Kier molecular flexibility index (Phi) is 4.54. The third-order valence-electron chi connectivity index (χ3n) is 7.24. The highest BCUT2D eigenvalue weighted by atomic mass is 16.8. The third-order valence-corrected chi connectivity index (χ3v) is 7.24. The summed E-state index contributed by atoms with van der Waals surface area (Å²) in [6.07, 6.45) is 0.535. The minimum absolute atomic E-state index is 0.0347. The summed E-state index contributed by atoms with van der Waals surface area (Å²) in [6, 6.07) is 8.87. The molecule has 0 radical (unpaired) electrons. The van der Waals surface area contributed by atoms with Gasteiger partial charge in [0.2, 0.25) is 5.91 Å². The molecular formula is C22H23N4O6-. The number of piperidine rings is 1. The van der Waals surface area contributed by atoms with Gasteiger partial charge in [0, 0.05) is 49.9 Å². The Morgan fingerprint density at radius 3 is 2.72 bits per heavy atom. The van der Waals surface area contributed by atoms with E-state index < -0.39 is 23.3 Å². The van der Waals surface area contributed by atoms with E-state index in [-0.39, 0.29) is 34.7 Å². The average Bonchev–Trinajstić information content (AvgIpc) is 2.77. The average molecular weight is 439 g/mol. The number of carbonyl (C=O) groups excluding carboxylic acids is 1. The number of carboxylic acids is 1. The lowest BCUT2D eigenvalue weighted by Gasteiger charge is -2.57. The number of hydrogen-bond donors (Lipinski definition) is 3. The van der Waals surface area contributed by atoms with Crippen LogP contribution in [-0.4, -0.2) is 46.4 Å². The van der Waals surface area contributed by atoms with Crippen LogP contribution in [0.4, 0.5) is 11.4 Å². The van der Waals surface area contributed by atoms with Crippen LogP contribution in [0.1, 0.15) is 23.6 Å². The van der Waals surface area contributed by atoms with Crippen molar-refractivity contribution in [2.24, 2.45) is 11.3 Å². The van der Waals surface area contributed by atoms with Crippen LogP contribution in [-0.2, 0) is 22.6 Å². The van der Waals surface area contributed by atoms with Crippen LogP contribution in [0.15, 0.2) is 41.2 Å². The molecule has 168 valence electrons. The minimum atomic E-state index is -1.84. The monoisotopic (exact) mass is 439 g/mol. The Hall–Kier alpha value is -3.37. The first-order chi connectivity index (χ1) is 15.3. The van der Waals surface area contributed by atoms with Crippen molar-refractivity contribution in [3.63, 3.8) is 0 Å². The lowest BCUT2D eigenvalue weighted by molar-refractivity contribution is -0.159. The molecule has 3 aliphatic heterocycles. The highest BCUT2D eigenvalue weighted by molar-refractivity contribution is 6.04. The molecule has 1 aromatic carbocycles. The van der Waals surface area contributed by atoms with Gasteiger partial charge in [0.05, 0.1) is 11.7 Å². The zero-order valence-electron chi connectivity index (χ0n) is 17.4. The molecule has 4 heterocycles. The summed E-state index contributed by atoms with van der Waals surface area (Å²) in [5.74, 6) is -2.14. The predicted molar refractivity (Wildman–Crippen MR) is 115 cm³/mol. The number of benzene rings is 1. The van der Waals surface area contributed by atoms with Crippen LogP contribution in [0.3, 0.4) is 0 Å². The van der Waals surface area contributed by atoms with Crippen molar-refractivity contribution in [1.82, 2.24) is 9.88 Å². The van der Waals surface area contributed by atoms with Crippen LogP contribution >= 0.6 is 0 Å². The second-order valence-corrected chi connectivity index (χ2v) is 8.82. The van der Waals surface area contributed by atoms with E-state index in [2.05, 4.69) is 5.32 Å². The van der Waals surface area contributed by atoms with E-state index in [1.54, 1.807) is 16.7 Å². The molecule has 0 spiro atoms. The Morgan fingerprint density at radius 2 is 2.03 bits per heavy atom. The number of hydrogen-bond acceptors (Lipinski definition) is 7. The molecule has 5 rings (SSSR count). The number of anilines is 2. The second kappa shape index (κ2) is 7.07. The molecule has 10 nitrogen and oxygen atoms in total. The molecule has 32 heavy (non-hydrogen) atoms. The third kappa shape index (κ3) is 2.69. The van der Waals surface area contributed by atoms with Gasteiger partial charge < -0.3 is 30.3 Å². The lowest BCUT2D eigenvalue weighted by atomic mass is 9.61. The van der Waals surface area contributed by atoms with E-state index >= 15 is 0 Å². The number of pyridine rings is 1. The van der Waals surface area contributed by atoms with Crippen molar-refractivity contribution in [2.75, 3.05) is 23.7 Å². The van der Waals surface area contributed by atoms with Gasteiger partial charge in [-0.15, -0.1) is 0 Å². The van der Waals surface area contributed by atoms with Gasteiger partial charge in [-0.25, -0.2) is 0 Å². The van der Waals surface area contributed by atoms with Gasteiger partial charge in [0.25, 0.3) is 5.56 Å². The number of fused-ring (bicyclic) bond motifs is 8. The molecule has 10 heteroatoms. The van der Waals surface area contributed by atoms with E-state index in [9.17, 15) is 29.9 Å². The zero-order valence-corrected chi connectivity index (χ0v) is 17.4. The summed E-state index contributed by atoms with van der Waals surface area (Å²) in [7, 11) is 1.40.